The second kappa shape index (κ2) is 7.22. The van der Waals surface area contributed by atoms with Crippen LogP contribution in [-0.2, 0) is 6.54 Å². The van der Waals surface area contributed by atoms with Crippen LogP contribution in [0.4, 0.5) is 0 Å². The van der Waals surface area contributed by atoms with Crippen molar-refractivity contribution in [3.63, 3.8) is 0 Å². The fourth-order valence-electron chi connectivity index (χ4n) is 1.87. The molecule has 0 spiro atoms. The zero-order valence-corrected chi connectivity index (χ0v) is 11.9. The number of hydrogen-bond acceptors (Lipinski definition) is 3. The van der Waals surface area contributed by atoms with Crippen molar-refractivity contribution in [2.75, 3.05) is 6.54 Å². The highest BCUT2D eigenvalue weighted by molar-refractivity contribution is 5.96. The largest absolute Gasteiger partial charge is 0.346 e. The minimum atomic E-state index is -0.161. The topological polar surface area (TPSA) is 68.0 Å². The Labute approximate surface area is 124 Å². The minimum Gasteiger partial charge on any atom is -0.346 e. The first-order chi connectivity index (χ1) is 10.2. The molecule has 0 fully saturated rings. The number of benzene rings is 1. The molecule has 3 N–H and O–H groups in total. The molecule has 1 aromatic carbocycles. The zero-order valence-electron chi connectivity index (χ0n) is 11.9. The Morgan fingerprint density at radius 1 is 1.33 bits per heavy atom. The van der Waals surface area contributed by atoms with E-state index in [2.05, 4.69) is 22.1 Å². The van der Waals surface area contributed by atoms with Crippen LogP contribution < -0.4 is 11.1 Å². The van der Waals surface area contributed by atoms with Crippen molar-refractivity contribution in [3.8, 4) is 11.8 Å². The molecule has 2 rings (SSSR count). The Bertz CT molecular complexity index is 684. The number of carbonyl (C=O) groups excluding carboxylic acids is 1. The third-order valence-electron chi connectivity index (χ3n) is 2.90. The van der Waals surface area contributed by atoms with Crippen LogP contribution in [0.25, 0.3) is 0 Å². The number of amides is 1. The quantitative estimate of drug-likeness (QED) is 0.839. The van der Waals surface area contributed by atoms with Gasteiger partial charge in [-0.25, -0.2) is 0 Å². The van der Waals surface area contributed by atoms with Crippen molar-refractivity contribution >= 4 is 5.91 Å². The maximum Gasteiger partial charge on any atom is 0.252 e. The second-order valence-corrected chi connectivity index (χ2v) is 4.56. The van der Waals surface area contributed by atoms with Gasteiger partial charge in [0.1, 0.15) is 0 Å². The third kappa shape index (κ3) is 4.16. The molecule has 1 heterocycles. The number of hydrogen-bond donors (Lipinski definition) is 2. The average Bonchev–Trinajstić information content (AvgIpc) is 2.52. The van der Waals surface area contributed by atoms with E-state index in [0.29, 0.717) is 17.7 Å². The van der Waals surface area contributed by atoms with Crippen LogP contribution >= 0.6 is 0 Å². The number of nitrogens with one attached hydrogen (secondary N) is 1. The van der Waals surface area contributed by atoms with E-state index in [1.54, 1.807) is 6.20 Å². The molecule has 0 atom stereocenters. The lowest BCUT2D eigenvalue weighted by Gasteiger charge is -2.08. The molecule has 0 aliphatic rings. The highest BCUT2D eigenvalue weighted by atomic mass is 16.1. The molecule has 0 saturated heterocycles. The van der Waals surface area contributed by atoms with E-state index in [4.69, 9.17) is 5.73 Å². The van der Waals surface area contributed by atoms with Crippen molar-refractivity contribution in [1.82, 2.24) is 10.3 Å². The summed E-state index contributed by atoms with van der Waals surface area (Å²) >= 11 is 0. The highest BCUT2D eigenvalue weighted by Gasteiger charge is 2.10. The Hall–Kier alpha value is -2.64. The van der Waals surface area contributed by atoms with Gasteiger partial charge in [-0.1, -0.05) is 29.5 Å². The first-order valence-corrected chi connectivity index (χ1v) is 6.68. The number of nitrogens with two attached hydrogens (primary N) is 1. The van der Waals surface area contributed by atoms with Crippen LogP contribution in [0.5, 0.6) is 0 Å². The number of pyridine rings is 1. The molecule has 4 heteroatoms. The fourth-order valence-corrected chi connectivity index (χ4v) is 1.87. The molecular formula is C17H17N3O. The van der Waals surface area contributed by atoms with E-state index >= 15 is 0 Å². The summed E-state index contributed by atoms with van der Waals surface area (Å²) in [5, 5.41) is 2.86. The van der Waals surface area contributed by atoms with Crippen LogP contribution in [0.2, 0.25) is 0 Å². The van der Waals surface area contributed by atoms with Crippen molar-refractivity contribution < 1.29 is 4.79 Å². The molecule has 0 bridgehead atoms. The van der Waals surface area contributed by atoms with Gasteiger partial charge in [0.2, 0.25) is 0 Å². The summed E-state index contributed by atoms with van der Waals surface area (Å²) in [4.78, 5) is 16.5. The molecule has 21 heavy (non-hydrogen) atoms. The lowest BCUT2D eigenvalue weighted by atomic mass is 10.0. The van der Waals surface area contributed by atoms with Gasteiger partial charge < -0.3 is 11.1 Å². The van der Waals surface area contributed by atoms with Crippen molar-refractivity contribution in [2.24, 2.45) is 5.73 Å². The predicted molar refractivity (Wildman–Crippen MR) is 82.5 cm³/mol. The van der Waals surface area contributed by atoms with Crippen LogP contribution in [0.1, 0.15) is 27.2 Å². The maximum atomic E-state index is 12.3. The van der Waals surface area contributed by atoms with Gasteiger partial charge >= 0.3 is 0 Å². The first kappa shape index (κ1) is 14.8. The van der Waals surface area contributed by atoms with Gasteiger partial charge in [-0.2, -0.15) is 0 Å². The molecule has 0 aliphatic heterocycles. The number of aryl methyl sites for hydroxylation is 1. The standard InChI is InChI=1S/C17H17N3O/c1-13-7-8-14(5-4-9-18)16(11-13)17(21)20-12-15-6-2-3-10-19-15/h2-3,6-8,10-11H,9,12,18H2,1H3,(H,20,21). The van der Waals surface area contributed by atoms with E-state index < -0.39 is 0 Å². The molecule has 106 valence electrons. The van der Waals surface area contributed by atoms with Crippen LogP contribution in [0.3, 0.4) is 0 Å². The van der Waals surface area contributed by atoms with Gasteiger partial charge in [0.15, 0.2) is 0 Å². The minimum absolute atomic E-state index is 0.161. The Morgan fingerprint density at radius 2 is 2.19 bits per heavy atom. The lowest BCUT2D eigenvalue weighted by Crippen LogP contribution is -2.24. The normalized spacial score (nSPS) is 9.62. The molecule has 1 aromatic heterocycles. The Morgan fingerprint density at radius 3 is 2.90 bits per heavy atom. The van der Waals surface area contributed by atoms with Crippen LogP contribution in [-0.4, -0.2) is 17.4 Å². The molecule has 0 aliphatic carbocycles. The smallest absolute Gasteiger partial charge is 0.252 e. The summed E-state index contributed by atoms with van der Waals surface area (Å²) in [6.07, 6.45) is 1.70. The van der Waals surface area contributed by atoms with Crippen LogP contribution in [0.15, 0.2) is 42.6 Å². The molecule has 1 amide bonds. The fraction of sp³-hybridized carbons (Fsp3) is 0.176. The van der Waals surface area contributed by atoms with E-state index in [0.717, 1.165) is 11.3 Å². The zero-order chi connectivity index (χ0) is 15.1. The molecule has 2 aromatic rings. The monoisotopic (exact) mass is 279 g/mol. The summed E-state index contributed by atoms with van der Waals surface area (Å²) in [7, 11) is 0. The van der Waals surface area contributed by atoms with Gasteiger partial charge in [0.25, 0.3) is 5.91 Å². The highest BCUT2D eigenvalue weighted by Crippen LogP contribution is 2.11. The molecular weight excluding hydrogens is 262 g/mol. The van der Waals surface area contributed by atoms with E-state index in [-0.39, 0.29) is 12.5 Å². The summed E-state index contributed by atoms with van der Waals surface area (Å²) in [6, 6.07) is 11.2. The summed E-state index contributed by atoms with van der Waals surface area (Å²) < 4.78 is 0. The van der Waals surface area contributed by atoms with Gasteiger partial charge in [0.05, 0.1) is 24.3 Å². The predicted octanol–water partition coefficient (Wildman–Crippen LogP) is 1.63. The van der Waals surface area contributed by atoms with Gasteiger partial charge in [-0.15, -0.1) is 0 Å². The molecule has 0 saturated carbocycles. The Balaban J connectivity index is 2.16. The van der Waals surface area contributed by atoms with Crippen molar-refractivity contribution in [1.29, 1.82) is 0 Å². The summed E-state index contributed by atoms with van der Waals surface area (Å²) in [5.41, 5.74) is 8.45. The SMILES string of the molecule is Cc1ccc(C#CCN)c(C(=O)NCc2ccccn2)c1. The number of rotatable bonds is 3. The Kier molecular flexibility index (Phi) is 5.08. The van der Waals surface area contributed by atoms with Gasteiger partial charge in [0, 0.05) is 11.8 Å². The van der Waals surface area contributed by atoms with Gasteiger partial charge in [-0.05, 0) is 31.2 Å². The molecule has 0 unspecified atom stereocenters. The van der Waals surface area contributed by atoms with E-state index in [1.165, 1.54) is 0 Å². The third-order valence-corrected chi connectivity index (χ3v) is 2.90. The number of nitrogens with zero attached hydrogens (tertiary/aromatic N) is 1. The average molecular weight is 279 g/mol. The van der Waals surface area contributed by atoms with E-state index in [1.807, 2.05) is 43.3 Å². The summed E-state index contributed by atoms with van der Waals surface area (Å²) in [5.74, 6) is 5.54. The molecule has 0 radical (unpaired) electrons. The lowest BCUT2D eigenvalue weighted by molar-refractivity contribution is 0.0950. The second-order valence-electron chi connectivity index (χ2n) is 4.56. The molecule has 4 nitrogen and oxygen atoms in total. The number of carbonyl (C=O) groups is 1. The van der Waals surface area contributed by atoms with Crippen molar-refractivity contribution in [3.05, 3.63) is 65.0 Å². The maximum absolute atomic E-state index is 12.3. The summed E-state index contributed by atoms with van der Waals surface area (Å²) in [6.45, 7) is 2.59. The van der Waals surface area contributed by atoms with Gasteiger partial charge in [-0.3, -0.25) is 9.78 Å². The van der Waals surface area contributed by atoms with E-state index in [9.17, 15) is 4.79 Å². The van der Waals surface area contributed by atoms with Crippen LogP contribution in [0, 0.1) is 18.8 Å². The first-order valence-electron chi connectivity index (χ1n) is 6.68. The van der Waals surface area contributed by atoms with Crippen molar-refractivity contribution in [2.45, 2.75) is 13.5 Å². The number of aromatic nitrogens is 1.